The second-order valence-corrected chi connectivity index (χ2v) is 5.50. The molecular formula is C14H20F2N2O2. The summed E-state index contributed by atoms with van der Waals surface area (Å²) in [6, 6.07) is 2.04. The van der Waals surface area contributed by atoms with Crippen molar-refractivity contribution < 1.29 is 18.7 Å². The number of nitrogens with two attached hydrogens (primary N) is 1. The van der Waals surface area contributed by atoms with Gasteiger partial charge in [-0.1, -0.05) is 13.8 Å². The van der Waals surface area contributed by atoms with Gasteiger partial charge in [-0.15, -0.1) is 0 Å². The Balaban J connectivity index is 2.75. The molecule has 0 fully saturated rings. The highest BCUT2D eigenvalue weighted by Gasteiger charge is 2.23. The predicted octanol–water partition coefficient (Wildman–Crippen LogP) is 2.08. The molecule has 0 saturated heterocycles. The molecule has 0 heterocycles. The number of benzene rings is 1. The fourth-order valence-corrected chi connectivity index (χ4v) is 1.83. The minimum atomic E-state index is -1.05. The highest BCUT2D eigenvalue weighted by molar-refractivity contribution is 5.95. The molecule has 4 nitrogen and oxygen atoms in total. The fourth-order valence-electron chi connectivity index (χ4n) is 1.83. The maximum atomic E-state index is 13.7. The number of hydrogen-bond acceptors (Lipinski definition) is 3. The second-order valence-electron chi connectivity index (χ2n) is 5.50. The third-order valence-electron chi connectivity index (χ3n) is 3.09. The first kappa shape index (κ1) is 16.4. The minimum Gasteiger partial charge on any atom is -0.396 e. The lowest BCUT2D eigenvalue weighted by molar-refractivity contribution is 0.0924. The van der Waals surface area contributed by atoms with E-state index in [1.54, 1.807) is 0 Å². The normalized spacial score (nSPS) is 11.4. The lowest BCUT2D eigenvalue weighted by Gasteiger charge is -2.24. The Morgan fingerprint density at radius 3 is 2.65 bits per heavy atom. The van der Waals surface area contributed by atoms with Gasteiger partial charge in [-0.25, -0.2) is 8.78 Å². The van der Waals surface area contributed by atoms with E-state index < -0.39 is 23.1 Å². The van der Waals surface area contributed by atoms with Crippen molar-refractivity contribution in [2.45, 2.75) is 26.7 Å². The van der Waals surface area contributed by atoms with Crippen LogP contribution in [0.15, 0.2) is 12.1 Å². The number of halogens is 2. The molecular weight excluding hydrogens is 266 g/mol. The quantitative estimate of drug-likeness (QED) is 0.701. The van der Waals surface area contributed by atoms with E-state index >= 15 is 0 Å². The molecule has 0 aliphatic rings. The van der Waals surface area contributed by atoms with Crippen molar-refractivity contribution in [3.63, 3.8) is 0 Å². The first-order valence-electron chi connectivity index (χ1n) is 6.41. The molecule has 0 unspecified atom stereocenters. The average molecular weight is 286 g/mol. The summed E-state index contributed by atoms with van der Waals surface area (Å²) in [6.07, 6.45) is 1.29. The first-order valence-corrected chi connectivity index (χ1v) is 6.41. The monoisotopic (exact) mass is 286 g/mol. The number of carbonyl (C=O) groups is 1. The summed E-state index contributed by atoms with van der Waals surface area (Å²) in [6.45, 7) is 4.11. The lowest BCUT2D eigenvalue weighted by atomic mass is 9.88. The number of carbonyl (C=O) groups excluding carboxylic acids is 1. The summed E-state index contributed by atoms with van der Waals surface area (Å²) in [5.41, 5.74) is 4.12. The van der Waals surface area contributed by atoms with Crippen molar-refractivity contribution in [2.75, 3.05) is 18.9 Å². The molecule has 0 bridgehead atoms. The summed E-state index contributed by atoms with van der Waals surface area (Å²) >= 11 is 0. The number of nitrogen functional groups attached to an aromatic ring is 1. The topological polar surface area (TPSA) is 75.3 Å². The van der Waals surface area contributed by atoms with Crippen molar-refractivity contribution in [1.82, 2.24) is 5.32 Å². The molecule has 0 aromatic heterocycles. The van der Waals surface area contributed by atoms with E-state index in [1.165, 1.54) is 0 Å². The molecule has 1 aromatic rings. The SMILES string of the molecule is CC(C)(CCCO)CNC(=O)c1c(F)ccc(N)c1F. The summed E-state index contributed by atoms with van der Waals surface area (Å²) in [5, 5.41) is 11.3. The number of rotatable bonds is 6. The van der Waals surface area contributed by atoms with E-state index in [1.807, 2.05) is 13.8 Å². The Kier molecular flexibility index (Phi) is 5.44. The molecule has 20 heavy (non-hydrogen) atoms. The first-order chi connectivity index (χ1) is 9.28. The van der Waals surface area contributed by atoms with Crippen LogP contribution in [-0.2, 0) is 0 Å². The third kappa shape index (κ3) is 4.16. The molecule has 1 rings (SSSR count). The van der Waals surface area contributed by atoms with Gasteiger partial charge in [-0.2, -0.15) is 0 Å². The fraction of sp³-hybridized carbons (Fsp3) is 0.500. The molecule has 112 valence electrons. The van der Waals surface area contributed by atoms with Crippen LogP contribution < -0.4 is 11.1 Å². The van der Waals surface area contributed by atoms with Crippen LogP contribution in [0, 0.1) is 17.0 Å². The summed E-state index contributed by atoms with van der Waals surface area (Å²) in [7, 11) is 0. The van der Waals surface area contributed by atoms with Gasteiger partial charge in [-0.3, -0.25) is 4.79 Å². The standard InChI is InChI=1S/C14H20F2N2O2/c1-14(2,6-3-7-19)8-18-13(20)11-9(15)4-5-10(17)12(11)16/h4-5,19H,3,6-8,17H2,1-2H3,(H,18,20). The number of aliphatic hydroxyl groups is 1. The number of hydrogen-bond donors (Lipinski definition) is 3. The Morgan fingerprint density at radius 1 is 1.40 bits per heavy atom. The van der Waals surface area contributed by atoms with E-state index in [-0.39, 0.29) is 24.3 Å². The van der Waals surface area contributed by atoms with Crippen LogP contribution in [0.5, 0.6) is 0 Å². The molecule has 4 N–H and O–H groups in total. The smallest absolute Gasteiger partial charge is 0.257 e. The van der Waals surface area contributed by atoms with Gasteiger partial charge in [0.05, 0.1) is 5.69 Å². The molecule has 0 atom stereocenters. The number of nitrogens with one attached hydrogen (secondary N) is 1. The zero-order valence-corrected chi connectivity index (χ0v) is 11.7. The maximum absolute atomic E-state index is 13.7. The van der Waals surface area contributed by atoms with E-state index in [9.17, 15) is 13.6 Å². The van der Waals surface area contributed by atoms with E-state index in [4.69, 9.17) is 10.8 Å². The highest BCUT2D eigenvalue weighted by Crippen LogP contribution is 2.22. The second kappa shape index (κ2) is 6.65. The van der Waals surface area contributed by atoms with Crippen molar-refractivity contribution in [2.24, 2.45) is 5.41 Å². The summed E-state index contributed by atoms with van der Waals surface area (Å²) in [5.74, 6) is -2.82. The Morgan fingerprint density at radius 2 is 2.05 bits per heavy atom. The van der Waals surface area contributed by atoms with Crippen molar-refractivity contribution >= 4 is 11.6 Å². The zero-order chi connectivity index (χ0) is 15.3. The van der Waals surface area contributed by atoms with Crippen LogP contribution in [0.1, 0.15) is 37.0 Å². The summed E-state index contributed by atoms with van der Waals surface area (Å²) < 4.78 is 27.2. The van der Waals surface area contributed by atoms with Gasteiger partial charge in [0, 0.05) is 13.2 Å². The number of anilines is 1. The third-order valence-corrected chi connectivity index (χ3v) is 3.09. The van der Waals surface area contributed by atoms with Gasteiger partial charge >= 0.3 is 0 Å². The van der Waals surface area contributed by atoms with Gasteiger partial charge < -0.3 is 16.2 Å². The van der Waals surface area contributed by atoms with Gasteiger partial charge in [0.25, 0.3) is 5.91 Å². The van der Waals surface area contributed by atoms with Gasteiger partial charge in [0.1, 0.15) is 11.4 Å². The van der Waals surface area contributed by atoms with Crippen molar-refractivity contribution in [1.29, 1.82) is 0 Å². The van der Waals surface area contributed by atoms with Crippen LogP contribution >= 0.6 is 0 Å². The molecule has 1 aromatic carbocycles. The number of amides is 1. The van der Waals surface area contributed by atoms with Gasteiger partial charge in [0.15, 0.2) is 5.82 Å². The molecule has 1 amide bonds. The number of aliphatic hydroxyl groups excluding tert-OH is 1. The maximum Gasteiger partial charge on any atom is 0.257 e. The van der Waals surface area contributed by atoms with Crippen LogP contribution in [0.3, 0.4) is 0 Å². The average Bonchev–Trinajstić information content (AvgIpc) is 2.39. The van der Waals surface area contributed by atoms with Crippen LogP contribution in [0.4, 0.5) is 14.5 Å². The van der Waals surface area contributed by atoms with Crippen LogP contribution in [0.2, 0.25) is 0 Å². The largest absolute Gasteiger partial charge is 0.396 e. The van der Waals surface area contributed by atoms with Crippen molar-refractivity contribution in [3.05, 3.63) is 29.3 Å². The van der Waals surface area contributed by atoms with Crippen LogP contribution in [-0.4, -0.2) is 24.2 Å². The van der Waals surface area contributed by atoms with Crippen molar-refractivity contribution in [3.8, 4) is 0 Å². The highest BCUT2D eigenvalue weighted by atomic mass is 19.1. The Bertz CT molecular complexity index is 490. The molecule has 0 radical (unpaired) electrons. The molecule has 0 aliphatic heterocycles. The Hall–Kier alpha value is -1.69. The predicted molar refractivity (Wildman–Crippen MR) is 73.2 cm³/mol. The molecule has 0 saturated carbocycles. The lowest BCUT2D eigenvalue weighted by Crippen LogP contribution is -2.35. The molecule has 0 aliphatic carbocycles. The van der Waals surface area contributed by atoms with E-state index in [0.717, 1.165) is 12.1 Å². The van der Waals surface area contributed by atoms with Gasteiger partial charge in [-0.05, 0) is 30.4 Å². The van der Waals surface area contributed by atoms with Gasteiger partial charge in [0.2, 0.25) is 0 Å². The van der Waals surface area contributed by atoms with E-state index in [0.29, 0.717) is 12.8 Å². The molecule has 0 spiro atoms. The van der Waals surface area contributed by atoms with Crippen LogP contribution in [0.25, 0.3) is 0 Å². The Labute approximate surface area is 117 Å². The molecule has 6 heteroatoms. The zero-order valence-electron chi connectivity index (χ0n) is 11.7. The summed E-state index contributed by atoms with van der Waals surface area (Å²) in [4.78, 5) is 11.9. The van der Waals surface area contributed by atoms with E-state index in [2.05, 4.69) is 5.32 Å². The minimum absolute atomic E-state index is 0.0653.